The zero-order chi connectivity index (χ0) is 29.4. The fourth-order valence-corrected chi connectivity index (χ4v) is 4.57. The van der Waals surface area contributed by atoms with Crippen LogP contribution in [0.1, 0.15) is 22.3 Å². The standard InChI is InChI=1S/C31H22F6N4/c32-30(33,34)24-15-23(16-25(17-24)31(35,36)37)29-40-26(20-7-3-1-4-8-20)27(21-9-5-2-6-10-21)41(29)18-19-11-13-22(14-12-19)28(38)39/h1-17H,18H2,(H3,38,39). The molecule has 1 aromatic heterocycles. The van der Waals surface area contributed by atoms with Crippen molar-refractivity contribution in [1.82, 2.24) is 9.55 Å². The third-order valence-corrected chi connectivity index (χ3v) is 6.51. The van der Waals surface area contributed by atoms with Crippen LogP contribution in [0, 0.1) is 5.41 Å². The molecule has 3 N–H and O–H groups in total. The lowest BCUT2D eigenvalue weighted by Gasteiger charge is -2.17. The van der Waals surface area contributed by atoms with Crippen LogP contribution < -0.4 is 5.73 Å². The Labute approximate surface area is 231 Å². The maximum absolute atomic E-state index is 13.8. The van der Waals surface area contributed by atoms with E-state index in [-0.39, 0.29) is 29.8 Å². The minimum absolute atomic E-state index is 0.0602. The van der Waals surface area contributed by atoms with Gasteiger partial charge >= 0.3 is 12.4 Å². The first-order valence-electron chi connectivity index (χ1n) is 12.4. The maximum Gasteiger partial charge on any atom is 0.416 e. The number of alkyl halides is 6. The Morgan fingerprint density at radius 3 is 1.68 bits per heavy atom. The summed E-state index contributed by atoms with van der Waals surface area (Å²) in [6, 6.07) is 26.0. The van der Waals surface area contributed by atoms with Crippen LogP contribution in [0.3, 0.4) is 0 Å². The van der Waals surface area contributed by atoms with Gasteiger partial charge in [0.2, 0.25) is 0 Å². The van der Waals surface area contributed by atoms with Gasteiger partial charge in [-0.25, -0.2) is 4.98 Å². The van der Waals surface area contributed by atoms with Gasteiger partial charge in [0.05, 0.1) is 22.5 Å². The number of amidine groups is 1. The molecule has 0 aliphatic heterocycles. The van der Waals surface area contributed by atoms with E-state index in [9.17, 15) is 26.3 Å². The van der Waals surface area contributed by atoms with E-state index in [1.807, 2.05) is 0 Å². The summed E-state index contributed by atoms with van der Waals surface area (Å²) >= 11 is 0. The first-order chi connectivity index (χ1) is 19.4. The van der Waals surface area contributed by atoms with Gasteiger partial charge in [-0.05, 0) is 23.8 Å². The number of hydrogen-bond donors (Lipinski definition) is 2. The molecule has 0 atom stereocenters. The molecule has 0 unspecified atom stereocenters. The summed E-state index contributed by atoms with van der Waals surface area (Å²) in [7, 11) is 0. The fourth-order valence-electron chi connectivity index (χ4n) is 4.57. The van der Waals surface area contributed by atoms with E-state index in [0.717, 1.165) is 0 Å². The number of benzene rings is 4. The van der Waals surface area contributed by atoms with E-state index in [4.69, 9.17) is 11.1 Å². The second-order valence-electron chi connectivity index (χ2n) is 9.36. The Bertz CT molecular complexity index is 1660. The van der Waals surface area contributed by atoms with Gasteiger partial charge in [0.15, 0.2) is 0 Å². The molecular weight excluding hydrogens is 542 g/mol. The topological polar surface area (TPSA) is 67.7 Å². The van der Waals surface area contributed by atoms with Gasteiger partial charge in [-0.3, -0.25) is 5.41 Å². The Morgan fingerprint density at radius 1 is 0.683 bits per heavy atom. The number of nitrogens with one attached hydrogen (secondary N) is 1. The van der Waals surface area contributed by atoms with Crippen LogP contribution in [0.4, 0.5) is 26.3 Å². The first-order valence-corrected chi connectivity index (χ1v) is 12.4. The largest absolute Gasteiger partial charge is 0.416 e. The lowest BCUT2D eigenvalue weighted by molar-refractivity contribution is -0.143. The van der Waals surface area contributed by atoms with Crippen LogP contribution in [0.2, 0.25) is 0 Å². The Hall–Kier alpha value is -4.86. The van der Waals surface area contributed by atoms with Crippen molar-refractivity contribution >= 4 is 5.84 Å². The van der Waals surface area contributed by atoms with E-state index in [2.05, 4.69) is 4.98 Å². The monoisotopic (exact) mass is 564 g/mol. The minimum atomic E-state index is -5.01. The van der Waals surface area contributed by atoms with Gasteiger partial charge in [-0.2, -0.15) is 26.3 Å². The molecule has 208 valence electrons. The summed E-state index contributed by atoms with van der Waals surface area (Å²) in [6.07, 6.45) is -10.0. The van der Waals surface area contributed by atoms with Crippen molar-refractivity contribution in [2.75, 3.05) is 0 Å². The molecule has 0 aliphatic rings. The summed E-state index contributed by atoms with van der Waals surface area (Å²) in [5, 5.41) is 7.64. The lowest BCUT2D eigenvalue weighted by Crippen LogP contribution is -2.12. The molecule has 4 aromatic carbocycles. The third kappa shape index (κ3) is 5.86. The Balaban J connectivity index is 1.82. The molecule has 0 saturated heterocycles. The smallest absolute Gasteiger partial charge is 0.384 e. The molecule has 0 amide bonds. The zero-order valence-electron chi connectivity index (χ0n) is 21.3. The molecule has 4 nitrogen and oxygen atoms in total. The zero-order valence-corrected chi connectivity index (χ0v) is 21.3. The number of nitrogen functional groups attached to an aromatic ring is 1. The summed E-state index contributed by atoms with van der Waals surface area (Å²) in [4.78, 5) is 4.69. The molecule has 0 bridgehead atoms. The molecular formula is C31H22F6N4. The normalized spacial score (nSPS) is 12.0. The molecule has 0 spiro atoms. The fraction of sp³-hybridized carbons (Fsp3) is 0.0968. The number of halogens is 6. The van der Waals surface area contributed by atoms with E-state index in [0.29, 0.717) is 45.8 Å². The molecule has 5 rings (SSSR count). The van der Waals surface area contributed by atoms with Gasteiger partial charge in [-0.15, -0.1) is 0 Å². The summed E-state index contributed by atoms with van der Waals surface area (Å²) in [5.74, 6) is -0.199. The second kappa shape index (κ2) is 10.6. The van der Waals surface area contributed by atoms with Gasteiger partial charge in [0, 0.05) is 28.8 Å². The quantitative estimate of drug-likeness (QED) is 0.124. The predicted molar refractivity (Wildman–Crippen MR) is 145 cm³/mol. The lowest BCUT2D eigenvalue weighted by atomic mass is 10.0. The maximum atomic E-state index is 13.8. The highest BCUT2D eigenvalue weighted by Gasteiger charge is 2.37. The van der Waals surface area contributed by atoms with Crippen LogP contribution >= 0.6 is 0 Å². The molecule has 5 aromatic rings. The summed E-state index contributed by atoms with van der Waals surface area (Å²) in [6.45, 7) is 0.0647. The number of nitrogens with two attached hydrogens (primary N) is 1. The third-order valence-electron chi connectivity index (χ3n) is 6.51. The van der Waals surface area contributed by atoms with Crippen molar-refractivity contribution in [3.63, 3.8) is 0 Å². The number of rotatable bonds is 6. The molecule has 0 saturated carbocycles. The van der Waals surface area contributed by atoms with Crippen molar-refractivity contribution in [2.45, 2.75) is 18.9 Å². The van der Waals surface area contributed by atoms with Crippen molar-refractivity contribution in [3.05, 3.63) is 125 Å². The molecule has 0 fully saturated rings. The van der Waals surface area contributed by atoms with Crippen LogP contribution in [0.15, 0.2) is 103 Å². The van der Waals surface area contributed by atoms with E-state index < -0.39 is 23.5 Å². The summed E-state index contributed by atoms with van der Waals surface area (Å²) < 4.78 is 84.4. The number of imidazole rings is 1. The average molecular weight is 565 g/mol. The van der Waals surface area contributed by atoms with Crippen LogP contribution in [0.5, 0.6) is 0 Å². The number of hydrogen-bond acceptors (Lipinski definition) is 2. The highest BCUT2D eigenvalue weighted by atomic mass is 19.4. The van der Waals surface area contributed by atoms with E-state index in [1.165, 1.54) is 0 Å². The van der Waals surface area contributed by atoms with Gasteiger partial charge in [0.1, 0.15) is 11.7 Å². The van der Waals surface area contributed by atoms with E-state index in [1.54, 1.807) is 89.5 Å². The number of nitrogens with zero attached hydrogens (tertiary/aromatic N) is 2. The molecule has 1 heterocycles. The van der Waals surface area contributed by atoms with Gasteiger partial charge in [0.25, 0.3) is 0 Å². The predicted octanol–water partition coefficient (Wildman–Crippen LogP) is 8.25. The summed E-state index contributed by atoms with van der Waals surface area (Å²) in [5.41, 5.74) is 5.77. The highest BCUT2D eigenvalue weighted by Crippen LogP contribution is 2.41. The van der Waals surface area contributed by atoms with Gasteiger partial charge < -0.3 is 10.3 Å². The van der Waals surface area contributed by atoms with Crippen LogP contribution in [-0.4, -0.2) is 15.4 Å². The van der Waals surface area contributed by atoms with Gasteiger partial charge in [-0.1, -0.05) is 84.9 Å². The van der Waals surface area contributed by atoms with Crippen molar-refractivity contribution in [3.8, 4) is 33.9 Å². The van der Waals surface area contributed by atoms with Crippen LogP contribution in [0.25, 0.3) is 33.9 Å². The molecule has 10 heteroatoms. The van der Waals surface area contributed by atoms with Crippen LogP contribution in [-0.2, 0) is 18.9 Å². The van der Waals surface area contributed by atoms with E-state index >= 15 is 0 Å². The molecule has 0 radical (unpaired) electrons. The SMILES string of the molecule is N=C(N)c1ccc(Cn2c(-c3cc(C(F)(F)F)cc(C(F)(F)F)c3)nc(-c3ccccc3)c2-c2ccccc2)cc1. The first kappa shape index (κ1) is 27.7. The second-order valence-corrected chi connectivity index (χ2v) is 9.36. The van der Waals surface area contributed by atoms with Crippen molar-refractivity contribution in [1.29, 1.82) is 5.41 Å². The molecule has 41 heavy (non-hydrogen) atoms. The molecule has 0 aliphatic carbocycles. The average Bonchev–Trinajstić information content (AvgIpc) is 3.32. The Kier molecular flexibility index (Phi) is 7.17. The number of aromatic nitrogens is 2. The Morgan fingerprint density at radius 2 is 1.20 bits per heavy atom. The van der Waals surface area contributed by atoms with Crippen molar-refractivity contribution < 1.29 is 26.3 Å². The highest BCUT2D eigenvalue weighted by molar-refractivity contribution is 5.94. The van der Waals surface area contributed by atoms with Crippen molar-refractivity contribution in [2.24, 2.45) is 5.73 Å². The minimum Gasteiger partial charge on any atom is -0.384 e.